The van der Waals surface area contributed by atoms with Crippen LogP contribution in [0.3, 0.4) is 0 Å². The van der Waals surface area contributed by atoms with E-state index < -0.39 is 0 Å². The molecule has 0 fully saturated rings. The third-order valence-corrected chi connectivity index (χ3v) is 4.82. The fourth-order valence-corrected chi connectivity index (χ4v) is 3.56. The fraction of sp³-hybridized carbons (Fsp3) is 0.238. The van der Waals surface area contributed by atoms with E-state index in [0.29, 0.717) is 0 Å². The highest BCUT2D eigenvalue weighted by Crippen LogP contribution is 2.42. The maximum Gasteiger partial charge on any atom is 0.159 e. The molecule has 2 heterocycles. The lowest BCUT2D eigenvalue weighted by Gasteiger charge is -2.24. The highest BCUT2D eigenvalue weighted by molar-refractivity contribution is 5.90. The number of aliphatic imine (C=N–C) groups is 1. The molecule has 1 N–H and O–H groups in total. The molecule has 0 spiro atoms. The van der Waals surface area contributed by atoms with Gasteiger partial charge in [-0.1, -0.05) is 30.3 Å². The molecule has 2 aromatic carbocycles. The summed E-state index contributed by atoms with van der Waals surface area (Å²) < 4.78 is 7.20. The molecule has 0 unspecified atom stereocenters. The quantitative estimate of drug-likeness (QED) is 0.750. The average Bonchev–Trinajstić information content (AvgIpc) is 2.97. The Balaban J connectivity index is 1.87. The summed E-state index contributed by atoms with van der Waals surface area (Å²) in [4.78, 5) is 4.80. The van der Waals surface area contributed by atoms with Crippen LogP contribution in [0.2, 0.25) is 0 Å². The van der Waals surface area contributed by atoms with Gasteiger partial charge in [0.2, 0.25) is 0 Å². The molecule has 0 radical (unpaired) electrons. The number of hydrogen-bond acceptors (Lipinski definition) is 4. The van der Waals surface area contributed by atoms with Crippen LogP contribution in [0.25, 0.3) is 11.1 Å². The molecule has 0 aliphatic carbocycles. The van der Waals surface area contributed by atoms with Gasteiger partial charge in [0.25, 0.3) is 0 Å². The molecule has 0 saturated carbocycles. The Morgan fingerprint density at radius 3 is 2.50 bits per heavy atom. The Labute approximate surface area is 152 Å². The SMILES string of the molecule is COc1ccc(-c2c(C)nn3c2N=C(C)C[C@@H]3c2ccccc2O)cc1. The van der Waals surface area contributed by atoms with Gasteiger partial charge in [-0.25, -0.2) is 9.67 Å². The van der Waals surface area contributed by atoms with Crippen molar-refractivity contribution in [2.45, 2.75) is 26.3 Å². The van der Waals surface area contributed by atoms with Gasteiger partial charge in [0.1, 0.15) is 11.5 Å². The predicted molar refractivity (Wildman–Crippen MR) is 103 cm³/mol. The standard InChI is InChI=1S/C21H21N3O2/c1-13-12-18(17-6-4-5-7-19(17)25)24-21(22-13)20(14(2)23-24)15-8-10-16(26-3)11-9-15/h4-11,18,25H,12H2,1-3H3/t18-/m1/s1. The number of nitrogens with zero attached hydrogens (tertiary/aromatic N) is 3. The van der Waals surface area contributed by atoms with Crippen LogP contribution in [-0.4, -0.2) is 27.7 Å². The van der Waals surface area contributed by atoms with Crippen molar-refractivity contribution in [3.05, 3.63) is 59.8 Å². The van der Waals surface area contributed by atoms with Gasteiger partial charge in [-0.05, 0) is 37.6 Å². The lowest BCUT2D eigenvalue weighted by Crippen LogP contribution is -2.19. The van der Waals surface area contributed by atoms with Gasteiger partial charge in [0.15, 0.2) is 5.82 Å². The molecule has 0 bridgehead atoms. The van der Waals surface area contributed by atoms with Gasteiger partial charge in [-0.2, -0.15) is 5.10 Å². The zero-order valence-corrected chi connectivity index (χ0v) is 15.1. The number of hydrogen-bond donors (Lipinski definition) is 1. The van der Waals surface area contributed by atoms with Gasteiger partial charge >= 0.3 is 0 Å². The van der Waals surface area contributed by atoms with Crippen LogP contribution in [0.4, 0.5) is 5.82 Å². The van der Waals surface area contributed by atoms with Crippen LogP contribution < -0.4 is 4.74 Å². The highest BCUT2D eigenvalue weighted by Gasteiger charge is 2.29. The van der Waals surface area contributed by atoms with E-state index in [1.165, 1.54) is 0 Å². The van der Waals surface area contributed by atoms with Gasteiger partial charge in [0.05, 0.1) is 18.8 Å². The number of para-hydroxylation sites is 1. The Bertz CT molecular complexity index is 987. The molecule has 4 rings (SSSR count). The molecule has 26 heavy (non-hydrogen) atoms. The van der Waals surface area contributed by atoms with Crippen LogP contribution in [0.15, 0.2) is 53.5 Å². The molecule has 1 aliphatic rings. The second-order valence-corrected chi connectivity index (χ2v) is 6.58. The maximum absolute atomic E-state index is 10.3. The number of fused-ring (bicyclic) bond motifs is 1. The topological polar surface area (TPSA) is 59.6 Å². The number of methoxy groups -OCH3 is 1. The van der Waals surface area contributed by atoms with Crippen molar-refractivity contribution in [1.82, 2.24) is 9.78 Å². The highest BCUT2D eigenvalue weighted by atomic mass is 16.5. The van der Waals surface area contributed by atoms with Crippen molar-refractivity contribution < 1.29 is 9.84 Å². The number of phenolic OH excluding ortho intramolecular Hbond substituents is 1. The van der Waals surface area contributed by atoms with E-state index in [2.05, 4.69) is 0 Å². The minimum atomic E-state index is -0.0607. The number of phenols is 1. The van der Waals surface area contributed by atoms with E-state index >= 15 is 0 Å². The third kappa shape index (κ3) is 2.65. The summed E-state index contributed by atoms with van der Waals surface area (Å²) in [6, 6.07) is 15.3. The maximum atomic E-state index is 10.3. The number of aromatic nitrogens is 2. The third-order valence-electron chi connectivity index (χ3n) is 4.82. The van der Waals surface area contributed by atoms with Crippen molar-refractivity contribution in [1.29, 1.82) is 0 Å². The summed E-state index contributed by atoms with van der Waals surface area (Å²) in [6.45, 7) is 4.02. The van der Waals surface area contributed by atoms with E-state index in [0.717, 1.165) is 46.1 Å². The molecule has 0 saturated heterocycles. The van der Waals surface area contributed by atoms with Gasteiger partial charge in [-0.15, -0.1) is 0 Å². The fourth-order valence-electron chi connectivity index (χ4n) is 3.56. The summed E-state index contributed by atoms with van der Waals surface area (Å²) in [5.74, 6) is 1.95. The normalized spacial score (nSPS) is 16.1. The van der Waals surface area contributed by atoms with Gasteiger partial charge in [0, 0.05) is 23.3 Å². The number of aryl methyl sites for hydroxylation is 1. The van der Waals surface area contributed by atoms with Crippen molar-refractivity contribution >= 4 is 11.5 Å². The first kappa shape index (κ1) is 16.4. The predicted octanol–water partition coefficient (Wildman–Crippen LogP) is 4.66. The zero-order chi connectivity index (χ0) is 18.3. The summed E-state index contributed by atoms with van der Waals surface area (Å²) in [5, 5.41) is 15.1. The molecular formula is C21H21N3O2. The first-order valence-electron chi connectivity index (χ1n) is 8.64. The summed E-state index contributed by atoms with van der Waals surface area (Å²) in [5.41, 5.74) is 4.89. The zero-order valence-electron chi connectivity index (χ0n) is 15.1. The first-order valence-corrected chi connectivity index (χ1v) is 8.64. The van der Waals surface area contributed by atoms with E-state index in [9.17, 15) is 5.11 Å². The van der Waals surface area contributed by atoms with Gasteiger partial charge in [-0.3, -0.25) is 0 Å². The van der Waals surface area contributed by atoms with E-state index in [1.54, 1.807) is 13.2 Å². The van der Waals surface area contributed by atoms with Crippen LogP contribution >= 0.6 is 0 Å². The lowest BCUT2D eigenvalue weighted by molar-refractivity contribution is 0.415. The van der Waals surface area contributed by atoms with Crippen LogP contribution in [0.5, 0.6) is 11.5 Å². The number of ether oxygens (including phenoxy) is 1. The monoisotopic (exact) mass is 347 g/mol. The Hall–Kier alpha value is -3.08. The second kappa shape index (κ2) is 6.33. The second-order valence-electron chi connectivity index (χ2n) is 6.58. The minimum absolute atomic E-state index is 0.0607. The Morgan fingerprint density at radius 2 is 1.81 bits per heavy atom. The van der Waals surface area contributed by atoms with E-state index in [4.69, 9.17) is 14.8 Å². The minimum Gasteiger partial charge on any atom is -0.508 e. The van der Waals surface area contributed by atoms with E-state index in [-0.39, 0.29) is 11.8 Å². The van der Waals surface area contributed by atoms with Crippen LogP contribution in [-0.2, 0) is 0 Å². The molecule has 3 aromatic rings. The number of rotatable bonds is 3. The van der Waals surface area contributed by atoms with E-state index in [1.807, 2.05) is 61.0 Å². The largest absolute Gasteiger partial charge is 0.508 e. The molecular weight excluding hydrogens is 326 g/mol. The molecule has 1 aliphatic heterocycles. The number of benzene rings is 2. The van der Waals surface area contributed by atoms with Crippen molar-refractivity contribution in [2.75, 3.05) is 7.11 Å². The Kier molecular flexibility index (Phi) is 3.99. The Morgan fingerprint density at radius 1 is 1.08 bits per heavy atom. The average molecular weight is 347 g/mol. The van der Waals surface area contributed by atoms with Crippen LogP contribution in [0.1, 0.15) is 30.6 Å². The molecule has 0 amide bonds. The molecule has 1 atom stereocenters. The van der Waals surface area contributed by atoms with Gasteiger partial charge < -0.3 is 9.84 Å². The molecule has 132 valence electrons. The van der Waals surface area contributed by atoms with Crippen molar-refractivity contribution in [2.24, 2.45) is 4.99 Å². The smallest absolute Gasteiger partial charge is 0.159 e. The summed E-state index contributed by atoms with van der Waals surface area (Å²) in [7, 11) is 1.66. The molecule has 1 aromatic heterocycles. The lowest BCUT2D eigenvalue weighted by atomic mass is 9.98. The first-order chi connectivity index (χ1) is 12.6. The van der Waals surface area contributed by atoms with Crippen molar-refractivity contribution in [3.63, 3.8) is 0 Å². The molecule has 5 nitrogen and oxygen atoms in total. The molecule has 5 heteroatoms. The summed E-state index contributed by atoms with van der Waals surface area (Å²) in [6.07, 6.45) is 0.730. The van der Waals surface area contributed by atoms with Crippen LogP contribution in [0, 0.1) is 6.92 Å². The summed E-state index contributed by atoms with van der Waals surface area (Å²) >= 11 is 0. The number of aromatic hydroxyl groups is 1. The van der Waals surface area contributed by atoms with Crippen molar-refractivity contribution in [3.8, 4) is 22.6 Å².